The van der Waals surface area contributed by atoms with E-state index in [9.17, 15) is 9.90 Å². The van der Waals surface area contributed by atoms with E-state index in [4.69, 9.17) is 11.6 Å². The highest BCUT2D eigenvalue weighted by Crippen LogP contribution is 2.23. The molecular formula is C28H35ClN2O2. The van der Waals surface area contributed by atoms with E-state index in [1.165, 1.54) is 11.1 Å². The SMILES string of the molecule is C/C=C/Cl.C/C=C\C.Cc1ccc(-n2nc(CC(C(=O)O)c3cccc(C)c3)cc2C)cc1. The average Bonchev–Trinajstić information content (AvgIpc) is 3.18. The third-order valence-electron chi connectivity index (χ3n) is 4.83. The lowest BCUT2D eigenvalue weighted by Gasteiger charge is -2.12. The fourth-order valence-corrected chi connectivity index (χ4v) is 3.03. The van der Waals surface area contributed by atoms with Crippen LogP contribution in [-0.2, 0) is 11.2 Å². The highest BCUT2D eigenvalue weighted by Gasteiger charge is 2.22. The number of carbonyl (C=O) groups is 1. The molecule has 1 N–H and O–H groups in total. The van der Waals surface area contributed by atoms with Crippen LogP contribution in [0.1, 0.15) is 54.8 Å². The number of carboxylic acid groups (broad SMARTS) is 1. The smallest absolute Gasteiger partial charge is 0.311 e. The number of carboxylic acids is 1. The van der Waals surface area contributed by atoms with E-state index in [1.54, 1.807) is 6.08 Å². The largest absolute Gasteiger partial charge is 0.481 e. The number of aryl methyl sites for hydroxylation is 3. The predicted molar refractivity (Wildman–Crippen MR) is 139 cm³/mol. The number of rotatable bonds is 5. The molecule has 176 valence electrons. The molecule has 0 amide bonds. The summed E-state index contributed by atoms with van der Waals surface area (Å²) in [6.07, 6.45) is 6.14. The van der Waals surface area contributed by atoms with E-state index in [0.29, 0.717) is 6.42 Å². The lowest BCUT2D eigenvalue weighted by Crippen LogP contribution is -2.15. The zero-order valence-corrected chi connectivity index (χ0v) is 21.2. The van der Waals surface area contributed by atoms with E-state index in [2.05, 4.69) is 5.10 Å². The molecule has 1 heterocycles. The summed E-state index contributed by atoms with van der Waals surface area (Å²) in [5.74, 6) is -1.42. The number of aliphatic carboxylic acids is 1. The molecule has 1 unspecified atom stereocenters. The molecule has 0 saturated carbocycles. The Labute approximate surface area is 203 Å². The van der Waals surface area contributed by atoms with Crippen LogP contribution < -0.4 is 0 Å². The molecule has 0 radical (unpaired) electrons. The topological polar surface area (TPSA) is 55.1 Å². The molecule has 3 aromatic rings. The van der Waals surface area contributed by atoms with Crippen molar-refractivity contribution in [2.45, 2.75) is 53.9 Å². The maximum absolute atomic E-state index is 11.8. The molecular weight excluding hydrogens is 432 g/mol. The summed E-state index contributed by atoms with van der Waals surface area (Å²) in [7, 11) is 0. The van der Waals surface area contributed by atoms with Gasteiger partial charge in [0.25, 0.3) is 0 Å². The number of allylic oxidation sites excluding steroid dienone is 3. The Bertz CT molecular complexity index is 1030. The number of aromatic nitrogens is 2. The van der Waals surface area contributed by atoms with Gasteiger partial charge < -0.3 is 5.11 Å². The zero-order chi connectivity index (χ0) is 24.8. The number of benzene rings is 2. The van der Waals surface area contributed by atoms with Gasteiger partial charge in [-0.15, -0.1) is 0 Å². The van der Waals surface area contributed by atoms with Gasteiger partial charge in [-0.05, 0) is 70.8 Å². The summed E-state index contributed by atoms with van der Waals surface area (Å²) in [6, 6.07) is 17.8. The summed E-state index contributed by atoms with van der Waals surface area (Å²) in [5.41, 5.74) is 7.30. The van der Waals surface area contributed by atoms with Crippen LogP contribution in [0.4, 0.5) is 0 Å². The van der Waals surface area contributed by atoms with Gasteiger partial charge in [-0.3, -0.25) is 4.79 Å². The first-order valence-electron chi connectivity index (χ1n) is 11.0. The standard InChI is InChI=1S/C21H22N2O2.C4H8.C3H5Cl/c1-14-7-9-19(10-8-14)23-16(3)12-18(22-23)13-20(21(24)25)17-6-4-5-15(2)11-17;1-3-4-2;1-2-3-4/h4-12,20H,13H2,1-3H3,(H,24,25);3-4H,1-2H3;2-3H,1H3/b;4-3-;3-2+. The Morgan fingerprint density at radius 3 is 2.06 bits per heavy atom. The second-order valence-corrected chi connectivity index (χ2v) is 7.91. The Morgan fingerprint density at radius 1 is 0.970 bits per heavy atom. The minimum Gasteiger partial charge on any atom is -0.481 e. The van der Waals surface area contributed by atoms with Crippen LogP contribution in [0.15, 0.2) is 78.4 Å². The molecule has 2 aromatic carbocycles. The fourth-order valence-electron chi connectivity index (χ4n) is 3.03. The van der Waals surface area contributed by atoms with Crippen LogP contribution in [0.3, 0.4) is 0 Å². The molecule has 0 spiro atoms. The molecule has 0 fully saturated rings. The zero-order valence-electron chi connectivity index (χ0n) is 20.4. The normalized spacial score (nSPS) is 11.5. The molecule has 1 atom stereocenters. The molecule has 0 aliphatic rings. The highest BCUT2D eigenvalue weighted by atomic mass is 35.5. The molecule has 0 aliphatic carbocycles. The van der Waals surface area contributed by atoms with Crippen LogP contribution in [0.2, 0.25) is 0 Å². The summed E-state index contributed by atoms with van der Waals surface area (Å²) >= 11 is 5.01. The molecule has 5 heteroatoms. The minimum atomic E-state index is -0.826. The number of hydrogen-bond acceptors (Lipinski definition) is 2. The van der Waals surface area contributed by atoms with Crippen molar-refractivity contribution >= 4 is 17.6 Å². The first-order chi connectivity index (χ1) is 15.8. The van der Waals surface area contributed by atoms with E-state index in [-0.39, 0.29) is 0 Å². The Balaban J connectivity index is 0.000000591. The van der Waals surface area contributed by atoms with Gasteiger partial charge in [-0.1, -0.05) is 77.4 Å². The van der Waals surface area contributed by atoms with Crippen molar-refractivity contribution in [3.05, 3.63) is 106 Å². The lowest BCUT2D eigenvalue weighted by atomic mass is 9.93. The van der Waals surface area contributed by atoms with Crippen molar-refractivity contribution in [3.8, 4) is 5.69 Å². The maximum Gasteiger partial charge on any atom is 0.311 e. The van der Waals surface area contributed by atoms with Crippen molar-refractivity contribution < 1.29 is 9.90 Å². The van der Waals surface area contributed by atoms with Gasteiger partial charge in [0, 0.05) is 12.1 Å². The first kappa shape index (κ1) is 27.9. The van der Waals surface area contributed by atoms with Gasteiger partial charge in [0.2, 0.25) is 0 Å². The predicted octanol–water partition coefficient (Wildman–Crippen LogP) is 7.55. The van der Waals surface area contributed by atoms with Crippen molar-refractivity contribution in [2.75, 3.05) is 0 Å². The van der Waals surface area contributed by atoms with Crippen molar-refractivity contribution in [3.63, 3.8) is 0 Å². The van der Waals surface area contributed by atoms with E-state index in [1.807, 2.05) is 113 Å². The fraction of sp³-hybridized carbons (Fsp3) is 0.286. The van der Waals surface area contributed by atoms with Gasteiger partial charge in [0.1, 0.15) is 0 Å². The first-order valence-corrected chi connectivity index (χ1v) is 11.4. The van der Waals surface area contributed by atoms with Crippen molar-refractivity contribution in [2.24, 2.45) is 0 Å². The van der Waals surface area contributed by atoms with Crippen LogP contribution >= 0.6 is 11.6 Å². The molecule has 0 saturated heterocycles. The van der Waals surface area contributed by atoms with Crippen molar-refractivity contribution in [1.82, 2.24) is 9.78 Å². The second kappa shape index (κ2) is 14.9. The summed E-state index contributed by atoms with van der Waals surface area (Å²) in [6.45, 7) is 11.9. The van der Waals surface area contributed by atoms with E-state index >= 15 is 0 Å². The van der Waals surface area contributed by atoms with Gasteiger partial charge in [-0.2, -0.15) is 5.10 Å². The summed E-state index contributed by atoms with van der Waals surface area (Å²) < 4.78 is 1.87. The average molecular weight is 467 g/mol. The van der Waals surface area contributed by atoms with Crippen molar-refractivity contribution in [1.29, 1.82) is 0 Å². The van der Waals surface area contributed by atoms with Crippen LogP contribution in [-0.4, -0.2) is 20.9 Å². The van der Waals surface area contributed by atoms with Crippen LogP contribution in [0.5, 0.6) is 0 Å². The summed E-state index contributed by atoms with van der Waals surface area (Å²) in [4.78, 5) is 11.8. The second-order valence-electron chi connectivity index (χ2n) is 7.66. The van der Waals surface area contributed by atoms with Crippen LogP contribution in [0.25, 0.3) is 5.69 Å². The molecule has 33 heavy (non-hydrogen) atoms. The van der Waals surface area contributed by atoms with E-state index < -0.39 is 11.9 Å². The lowest BCUT2D eigenvalue weighted by molar-refractivity contribution is -0.138. The van der Waals surface area contributed by atoms with E-state index in [0.717, 1.165) is 28.2 Å². The molecule has 0 bridgehead atoms. The number of nitrogens with zero attached hydrogens (tertiary/aromatic N) is 2. The quantitative estimate of drug-likeness (QED) is 0.395. The molecule has 0 aliphatic heterocycles. The van der Waals surface area contributed by atoms with Gasteiger partial charge in [0.05, 0.1) is 17.3 Å². The molecule has 4 nitrogen and oxygen atoms in total. The number of halogens is 1. The Kier molecular flexibility index (Phi) is 12.6. The van der Waals surface area contributed by atoms with Gasteiger partial charge >= 0.3 is 5.97 Å². The van der Waals surface area contributed by atoms with Gasteiger partial charge in [-0.25, -0.2) is 4.68 Å². The minimum absolute atomic E-state index is 0.374. The van der Waals surface area contributed by atoms with Crippen LogP contribution in [0, 0.1) is 20.8 Å². The molecule has 3 rings (SSSR count). The summed E-state index contributed by atoms with van der Waals surface area (Å²) in [5, 5.41) is 14.3. The van der Waals surface area contributed by atoms with Gasteiger partial charge in [0.15, 0.2) is 0 Å². The highest BCUT2D eigenvalue weighted by molar-refractivity contribution is 6.25. The Hall–Kier alpha value is -3.11. The third-order valence-corrected chi connectivity index (χ3v) is 5.08. The molecule has 1 aromatic heterocycles. The Morgan fingerprint density at radius 2 is 1.58 bits per heavy atom. The third kappa shape index (κ3) is 9.50. The maximum atomic E-state index is 11.8. The number of hydrogen-bond donors (Lipinski definition) is 1. The monoisotopic (exact) mass is 466 g/mol.